The maximum atomic E-state index is 11.5. The summed E-state index contributed by atoms with van der Waals surface area (Å²) in [6.45, 7) is 2.11. The molecule has 3 aromatic rings. The number of para-hydroxylation sites is 1. The van der Waals surface area contributed by atoms with Crippen molar-refractivity contribution in [2.75, 3.05) is 26.7 Å². The second kappa shape index (κ2) is 6.18. The fourth-order valence-electron chi connectivity index (χ4n) is 3.28. The maximum Gasteiger partial charge on any atom is 0.233 e. The highest BCUT2D eigenvalue weighted by Crippen LogP contribution is 2.34. The molecule has 0 radical (unpaired) electrons. The van der Waals surface area contributed by atoms with Crippen molar-refractivity contribution in [1.82, 2.24) is 25.4 Å². The Kier molecular flexibility index (Phi) is 3.85. The Balaban J connectivity index is 1.60. The van der Waals surface area contributed by atoms with E-state index in [-0.39, 0.29) is 11.7 Å². The van der Waals surface area contributed by atoms with Crippen LogP contribution in [0.4, 0.5) is 0 Å². The van der Waals surface area contributed by atoms with Crippen molar-refractivity contribution in [1.29, 1.82) is 0 Å². The molecule has 3 N–H and O–H groups in total. The number of aromatic hydroxyl groups is 1. The Morgan fingerprint density at radius 3 is 2.92 bits per heavy atom. The van der Waals surface area contributed by atoms with Crippen LogP contribution in [0.3, 0.4) is 0 Å². The van der Waals surface area contributed by atoms with Crippen LogP contribution in [-0.2, 0) is 4.79 Å². The third-order valence-corrected chi connectivity index (χ3v) is 4.69. The van der Waals surface area contributed by atoms with Crippen LogP contribution in [0.15, 0.2) is 36.5 Å². The van der Waals surface area contributed by atoms with Gasteiger partial charge in [0.1, 0.15) is 5.75 Å². The van der Waals surface area contributed by atoms with Gasteiger partial charge >= 0.3 is 0 Å². The van der Waals surface area contributed by atoms with Crippen LogP contribution in [0.25, 0.3) is 22.3 Å². The predicted octanol–water partition coefficient (Wildman–Crippen LogP) is 1.48. The first kappa shape index (κ1) is 15.6. The molecule has 7 heteroatoms. The molecule has 0 saturated carbocycles. The van der Waals surface area contributed by atoms with Gasteiger partial charge in [0.15, 0.2) is 5.65 Å². The van der Waals surface area contributed by atoms with E-state index in [9.17, 15) is 9.90 Å². The molecule has 25 heavy (non-hydrogen) atoms. The van der Waals surface area contributed by atoms with Gasteiger partial charge < -0.3 is 15.4 Å². The Hall–Kier alpha value is -2.93. The molecule has 2 aromatic heterocycles. The number of nitrogens with one attached hydrogen (secondary N) is 2. The minimum atomic E-state index is 0.0325. The number of amides is 1. The smallest absolute Gasteiger partial charge is 0.233 e. The summed E-state index contributed by atoms with van der Waals surface area (Å²) in [5, 5.41) is 22.2. The Labute approximate surface area is 144 Å². The number of carbonyl (C=O) groups is 1. The standard InChI is InChI=1S/C18H19N5O2/c1-19-17(25)10-23-8-11(9-23)14-7-20-18-13(14)6-15(21-22-18)12-4-2-3-5-16(12)24/h2-7,11,24H,8-10H2,1H3,(H,19,25)(H,20,22). The Morgan fingerprint density at radius 1 is 1.36 bits per heavy atom. The average Bonchev–Trinajstić information content (AvgIpc) is 3.00. The second-order valence-electron chi connectivity index (χ2n) is 6.32. The zero-order chi connectivity index (χ0) is 17.4. The van der Waals surface area contributed by atoms with Gasteiger partial charge in [0.25, 0.3) is 0 Å². The summed E-state index contributed by atoms with van der Waals surface area (Å²) >= 11 is 0. The summed E-state index contributed by atoms with van der Waals surface area (Å²) in [7, 11) is 1.65. The molecule has 1 fully saturated rings. The van der Waals surface area contributed by atoms with Crippen molar-refractivity contribution in [3.05, 3.63) is 42.1 Å². The summed E-state index contributed by atoms with van der Waals surface area (Å²) in [5.41, 5.74) is 3.22. The maximum absolute atomic E-state index is 11.5. The van der Waals surface area contributed by atoms with Crippen molar-refractivity contribution in [2.24, 2.45) is 0 Å². The van der Waals surface area contributed by atoms with Crippen molar-refractivity contribution in [2.45, 2.75) is 5.92 Å². The molecular formula is C18H19N5O2. The molecule has 0 atom stereocenters. The summed E-state index contributed by atoms with van der Waals surface area (Å²) in [6, 6.07) is 9.07. The first-order valence-corrected chi connectivity index (χ1v) is 8.21. The lowest BCUT2D eigenvalue weighted by Gasteiger charge is -2.38. The number of likely N-dealkylation sites (N-methyl/N-ethyl adjacent to an activating group) is 1. The molecule has 128 valence electrons. The average molecular weight is 337 g/mol. The first-order valence-electron chi connectivity index (χ1n) is 8.21. The van der Waals surface area contributed by atoms with Crippen LogP contribution in [0.5, 0.6) is 5.75 Å². The molecule has 1 aromatic carbocycles. The lowest BCUT2D eigenvalue weighted by atomic mass is 9.91. The van der Waals surface area contributed by atoms with Gasteiger partial charge in [-0.3, -0.25) is 9.69 Å². The van der Waals surface area contributed by atoms with Crippen LogP contribution in [0.2, 0.25) is 0 Å². The lowest BCUT2D eigenvalue weighted by molar-refractivity contribution is -0.122. The van der Waals surface area contributed by atoms with E-state index in [1.807, 2.05) is 24.4 Å². The number of H-pyrrole nitrogens is 1. The van der Waals surface area contributed by atoms with Gasteiger partial charge in [-0.25, -0.2) is 0 Å². The van der Waals surface area contributed by atoms with Gasteiger partial charge in [-0.05, 0) is 23.8 Å². The SMILES string of the molecule is CNC(=O)CN1CC(c2c[nH]c3nnc(-c4ccccc4O)cc23)C1. The van der Waals surface area contributed by atoms with Gasteiger partial charge in [-0.1, -0.05) is 12.1 Å². The van der Waals surface area contributed by atoms with Crippen LogP contribution in [-0.4, -0.2) is 57.8 Å². The highest BCUT2D eigenvalue weighted by atomic mass is 16.3. The quantitative estimate of drug-likeness (QED) is 0.670. The van der Waals surface area contributed by atoms with E-state index in [0.717, 1.165) is 24.1 Å². The van der Waals surface area contributed by atoms with Gasteiger partial charge in [0, 0.05) is 43.2 Å². The number of hydrogen-bond donors (Lipinski definition) is 3. The number of benzene rings is 1. The monoisotopic (exact) mass is 337 g/mol. The van der Waals surface area contributed by atoms with Crippen molar-refractivity contribution < 1.29 is 9.90 Å². The molecule has 1 amide bonds. The number of rotatable bonds is 4. The minimum Gasteiger partial charge on any atom is -0.507 e. The van der Waals surface area contributed by atoms with Crippen molar-refractivity contribution >= 4 is 16.9 Å². The molecule has 7 nitrogen and oxygen atoms in total. The summed E-state index contributed by atoms with van der Waals surface area (Å²) < 4.78 is 0. The number of phenols is 1. The van der Waals surface area contributed by atoms with E-state index in [2.05, 4.69) is 25.4 Å². The number of aromatic amines is 1. The molecule has 4 rings (SSSR count). The van der Waals surface area contributed by atoms with Gasteiger partial charge in [-0.2, -0.15) is 0 Å². The third-order valence-electron chi connectivity index (χ3n) is 4.69. The summed E-state index contributed by atoms with van der Waals surface area (Å²) in [5.74, 6) is 0.582. The summed E-state index contributed by atoms with van der Waals surface area (Å²) in [4.78, 5) is 16.7. The fourth-order valence-corrected chi connectivity index (χ4v) is 3.28. The van der Waals surface area contributed by atoms with Crippen LogP contribution < -0.4 is 5.32 Å². The van der Waals surface area contributed by atoms with Crippen LogP contribution in [0, 0.1) is 0 Å². The topological polar surface area (TPSA) is 94.1 Å². The highest BCUT2D eigenvalue weighted by Gasteiger charge is 2.31. The number of nitrogens with zero attached hydrogens (tertiary/aromatic N) is 3. The van der Waals surface area contributed by atoms with E-state index < -0.39 is 0 Å². The lowest BCUT2D eigenvalue weighted by Crippen LogP contribution is -2.49. The second-order valence-corrected chi connectivity index (χ2v) is 6.32. The molecule has 1 aliphatic rings. The largest absolute Gasteiger partial charge is 0.507 e. The number of likely N-dealkylation sites (tertiary alicyclic amines) is 1. The van der Waals surface area contributed by atoms with Crippen molar-refractivity contribution in [3.63, 3.8) is 0 Å². The molecule has 0 bridgehead atoms. The zero-order valence-electron chi connectivity index (χ0n) is 13.9. The van der Waals surface area contributed by atoms with E-state index in [4.69, 9.17) is 0 Å². The van der Waals surface area contributed by atoms with Gasteiger partial charge in [0.2, 0.25) is 5.91 Å². The zero-order valence-corrected chi connectivity index (χ0v) is 13.9. The van der Waals surface area contributed by atoms with Crippen LogP contribution in [0.1, 0.15) is 11.5 Å². The normalized spacial score (nSPS) is 15.2. The van der Waals surface area contributed by atoms with Gasteiger partial charge in [-0.15, -0.1) is 10.2 Å². The Bertz CT molecular complexity index is 930. The van der Waals surface area contributed by atoms with Crippen LogP contribution >= 0.6 is 0 Å². The molecular weight excluding hydrogens is 318 g/mol. The first-order chi connectivity index (χ1) is 12.2. The minimum absolute atomic E-state index is 0.0325. The molecule has 0 aliphatic carbocycles. The number of hydrogen-bond acceptors (Lipinski definition) is 5. The molecule has 0 unspecified atom stereocenters. The van der Waals surface area contributed by atoms with E-state index >= 15 is 0 Å². The summed E-state index contributed by atoms with van der Waals surface area (Å²) in [6.07, 6.45) is 1.97. The molecule has 1 saturated heterocycles. The molecule has 1 aliphatic heterocycles. The molecule has 3 heterocycles. The number of fused-ring (bicyclic) bond motifs is 1. The fraction of sp³-hybridized carbons (Fsp3) is 0.278. The number of phenolic OH excluding ortho intramolecular Hbond substituents is 1. The van der Waals surface area contributed by atoms with E-state index in [0.29, 0.717) is 23.7 Å². The van der Waals surface area contributed by atoms with E-state index in [1.165, 1.54) is 5.56 Å². The van der Waals surface area contributed by atoms with Crippen molar-refractivity contribution in [3.8, 4) is 17.0 Å². The Morgan fingerprint density at radius 2 is 2.16 bits per heavy atom. The number of carbonyl (C=O) groups excluding carboxylic acids is 1. The molecule has 0 spiro atoms. The number of aromatic nitrogens is 3. The highest BCUT2D eigenvalue weighted by molar-refractivity contribution is 5.84. The van der Waals surface area contributed by atoms with E-state index in [1.54, 1.807) is 19.2 Å². The van der Waals surface area contributed by atoms with Gasteiger partial charge in [0.05, 0.1) is 12.2 Å². The third kappa shape index (κ3) is 2.83. The predicted molar refractivity (Wildman–Crippen MR) is 94.2 cm³/mol.